The molecule has 0 atom stereocenters. The van der Waals surface area contributed by atoms with Gasteiger partial charge in [-0.1, -0.05) is 41.7 Å². The molecule has 1 amide bonds. The topological polar surface area (TPSA) is 89.0 Å². The molecule has 0 aliphatic carbocycles. The summed E-state index contributed by atoms with van der Waals surface area (Å²) in [4.78, 5) is 22.8. The van der Waals surface area contributed by atoms with E-state index in [9.17, 15) is 13.2 Å². The number of hydrogen-bond acceptors (Lipinski definition) is 8. The molecule has 10 heteroatoms. The second kappa shape index (κ2) is 10.1. The summed E-state index contributed by atoms with van der Waals surface area (Å²) in [7, 11) is -1.93. The number of anilines is 1. The van der Waals surface area contributed by atoms with Crippen molar-refractivity contribution < 1.29 is 22.7 Å². The average molecular weight is 526 g/mol. The molecule has 36 heavy (non-hydrogen) atoms. The molecule has 1 aliphatic heterocycles. The van der Waals surface area contributed by atoms with Gasteiger partial charge in [-0.2, -0.15) is 0 Å². The zero-order chi connectivity index (χ0) is 25.3. The van der Waals surface area contributed by atoms with E-state index in [1.807, 2.05) is 42.5 Å². The molecule has 188 valence electrons. The third-order valence-electron chi connectivity index (χ3n) is 6.29. The Labute approximate surface area is 214 Å². The number of morpholine rings is 1. The Balaban J connectivity index is 1.58. The fourth-order valence-electron chi connectivity index (χ4n) is 4.38. The maximum Gasteiger partial charge on any atom is 0.263 e. The smallest absolute Gasteiger partial charge is 0.263 e. The lowest BCUT2D eigenvalue weighted by atomic mass is 10.0. The number of nitrogens with zero attached hydrogens (tertiary/aromatic N) is 3. The van der Waals surface area contributed by atoms with Gasteiger partial charge in [-0.3, -0.25) is 14.6 Å². The molecule has 3 aromatic carbocycles. The first kappa shape index (κ1) is 24.6. The minimum atomic E-state index is -3.48. The number of para-hydroxylation sites is 1. The molecule has 0 radical (unpaired) electrons. The van der Waals surface area contributed by atoms with E-state index in [1.54, 1.807) is 24.1 Å². The van der Waals surface area contributed by atoms with Crippen LogP contribution in [-0.4, -0.2) is 77.0 Å². The number of amides is 1. The highest BCUT2D eigenvalue weighted by Crippen LogP contribution is 2.35. The van der Waals surface area contributed by atoms with Gasteiger partial charge >= 0.3 is 0 Å². The van der Waals surface area contributed by atoms with Gasteiger partial charge < -0.3 is 9.47 Å². The van der Waals surface area contributed by atoms with Gasteiger partial charge in [0.25, 0.3) is 5.91 Å². The Morgan fingerprint density at radius 1 is 1.11 bits per heavy atom. The van der Waals surface area contributed by atoms with Crippen LogP contribution in [0.25, 0.3) is 21.0 Å². The van der Waals surface area contributed by atoms with Gasteiger partial charge in [-0.15, -0.1) is 0 Å². The number of sulfone groups is 1. The SMILES string of the molecule is COc1cc2ccccc2cc1C(=O)N(CCN1CCOCC1)c1nc2c(S(C)(=O)=O)cccc2s1. The van der Waals surface area contributed by atoms with Gasteiger partial charge in [0, 0.05) is 32.4 Å². The summed E-state index contributed by atoms with van der Waals surface area (Å²) in [6.45, 7) is 3.93. The number of hydrogen-bond donors (Lipinski definition) is 0. The summed E-state index contributed by atoms with van der Waals surface area (Å²) in [6, 6.07) is 16.6. The molecule has 0 N–H and O–H groups in total. The minimum Gasteiger partial charge on any atom is -0.496 e. The van der Waals surface area contributed by atoms with Crippen molar-refractivity contribution >= 4 is 53.2 Å². The Bertz CT molecular complexity index is 1530. The second-order valence-electron chi connectivity index (χ2n) is 8.68. The first-order valence-corrected chi connectivity index (χ1v) is 14.3. The fourth-order valence-corrected chi connectivity index (χ4v) is 6.29. The van der Waals surface area contributed by atoms with E-state index in [0.717, 1.165) is 23.9 Å². The summed E-state index contributed by atoms with van der Waals surface area (Å²) in [6.07, 6.45) is 1.17. The van der Waals surface area contributed by atoms with Crippen LogP contribution in [0.4, 0.5) is 5.13 Å². The van der Waals surface area contributed by atoms with Crippen molar-refractivity contribution in [1.29, 1.82) is 0 Å². The summed E-state index contributed by atoms with van der Waals surface area (Å²) in [5.74, 6) is 0.235. The van der Waals surface area contributed by atoms with Gasteiger partial charge in [0.15, 0.2) is 15.0 Å². The number of aromatic nitrogens is 1. The van der Waals surface area contributed by atoms with Gasteiger partial charge in [-0.05, 0) is 35.0 Å². The third-order valence-corrected chi connectivity index (χ3v) is 8.46. The highest BCUT2D eigenvalue weighted by molar-refractivity contribution is 7.91. The van der Waals surface area contributed by atoms with E-state index in [1.165, 1.54) is 17.6 Å². The van der Waals surface area contributed by atoms with Crippen LogP contribution in [0.2, 0.25) is 0 Å². The summed E-state index contributed by atoms with van der Waals surface area (Å²) in [5, 5.41) is 2.36. The monoisotopic (exact) mass is 525 g/mol. The molecule has 0 spiro atoms. The number of rotatable bonds is 7. The molecular formula is C26H27N3O5S2. The molecule has 1 fully saturated rings. The zero-order valence-corrected chi connectivity index (χ0v) is 21.8. The normalized spacial score (nSPS) is 14.8. The van der Waals surface area contributed by atoms with Crippen molar-refractivity contribution in [2.24, 2.45) is 0 Å². The van der Waals surface area contributed by atoms with E-state index >= 15 is 0 Å². The average Bonchev–Trinajstić information content (AvgIpc) is 3.31. The first-order chi connectivity index (χ1) is 17.3. The van der Waals surface area contributed by atoms with Crippen molar-refractivity contribution in [3.05, 3.63) is 60.2 Å². The lowest BCUT2D eigenvalue weighted by molar-refractivity contribution is 0.0391. The van der Waals surface area contributed by atoms with Crippen molar-refractivity contribution in [2.45, 2.75) is 4.90 Å². The lowest BCUT2D eigenvalue weighted by Gasteiger charge is -2.29. The van der Waals surface area contributed by atoms with E-state index in [0.29, 0.717) is 53.0 Å². The molecule has 5 rings (SSSR count). The van der Waals surface area contributed by atoms with Gasteiger partial charge in [0.2, 0.25) is 0 Å². The van der Waals surface area contributed by atoms with E-state index in [4.69, 9.17) is 9.47 Å². The van der Waals surface area contributed by atoms with Crippen LogP contribution in [0.3, 0.4) is 0 Å². The third kappa shape index (κ3) is 4.94. The standard InChI is InChI=1S/C26H27N3O5S2/c1-33-21-17-19-7-4-3-6-18(19)16-20(21)25(30)29(11-10-28-12-14-34-15-13-28)26-27-24-22(35-26)8-5-9-23(24)36(2,31)32/h3-9,16-17H,10-15H2,1-2H3. The van der Waals surface area contributed by atoms with E-state index < -0.39 is 9.84 Å². The molecule has 0 bridgehead atoms. The second-order valence-corrected chi connectivity index (χ2v) is 11.7. The number of fused-ring (bicyclic) bond motifs is 2. The molecule has 4 aromatic rings. The number of thiazole rings is 1. The number of benzene rings is 3. The molecular weight excluding hydrogens is 498 g/mol. The number of carbonyl (C=O) groups is 1. The minimum absolute atomic E-state index is 0.159. The highest BCUT2D eigenvalue weighted by atomic mass is 32.2. The van der Waals surface area contributed by atoms with Crippen LogP contribution < -0.4 is 9.64 Å². The lowest BCUT2D eigenvalue weighted by Crippen LogP contribution is -2.43. The van der Waals surface area contributed by atoms with E-state index in [2.05, 4.69) is 9.88 Å². The van der Waals surface area contributed by atoms with E-state index in [-0.39, 0.29) is 10.8 Å². The van der Waals surface area contributed by atoms with Crippen LogP contribution in [0.1, 0.15) is 10.4 Å². The predicted octanol–water partition coefficient (Wildman–Crippen LogP) is 3.84. The van der Waals surface area contributed by atoms with Crippen molar-refractivity contribution in [3.8, 4) is 5.75 Å². The number of carbonyl (C=O) groups excluding carboxylic acids is 1. The fraction of sp³-hybridized carbons (Fsp3) is 0.308. The molecule has 1 aromatic heterocycles. The van der Waals surface area contributed by atoms with Crippen LogP contribution in [-0.2, 0) is 14.6 Å². The van der Waals surface area contributed by atoms with Gasteiger partial charge in [0.05, 0.1) is 35.5 Å². The summed E-state index contributed by atoms with van der Waals surface area (Å²) in [5.41, 5.74) is 0.815. The quantitative estimate of drug-likeness (QED) is 0.362. The van der Waals surface area contributed by atoms with Crippen molar-refractivity contribution in [2.75, 3.05) is 57.7 Å². The van der Waals surface area contributed by atoms with Crippen molar-refractivity contribution in [1.82, 2.24) is 9.88 Å². The number of methoxy groups -OCH3 is 1. The molecule has 1 saturated heterocycles. The van der Waals surface area contributed by atoms with Crippen LogP contribution in [0.5, 0.6) is 5.75 Å². The van der Waals surface area contributed by atoms with Crippen LogP contribution in [0, 0.1) is 0 Å². The molecule has 8 nitrogen and oxygen atoms in total. The maximum absolute atomic E-state index is 14.1. The Morgan fingerprint density at radius 3 is 2.53 bits per heavy atom. The Morgan fingerprint density at radius 2 is 1.83 bits per heavy atom. The van der Waals surface area contributed by atoms with Crippen molar-refractivity contribution in [3.63, 3.8) is 0 Å². The van der Waals surface area contributed by atoms with Gasteiger partial charge in [-0.25, -0.2) is 13.4 Å². The molecule has 2 heterocycles. The van der Waals surface area contributed by atoms with Crippen LogP contribution in [0.15, 0.2) is 59.5 Å². The zero-order valence-electron chi connectivity index (χ0n) is 20.1. The molecule has 0 unspecified atom stereocenters. The molecule has 0 saturated carbocycles. The summed E-state index contributed by atoms with van der Waals surface area (Å²) >= 11 is 1.31. The Hall–Kier alpha value is -3.05. The van der Waals surface area contributed by atoms with Crippen LogP contribution >= 0.6 is 11.3 Å². The first-order valence-electron chi connectivity index (χ1n) is 11.6. The van der Waals surface area contributed by atoms with Gasteiger partial charge in [0.1, 0.15) is 11.3 Å². The highest BCUT2D eigenvalue weighted by Gasteiger charge is 2.27. The largest absolute Gasteiger partial charge is 0.496 e. The predicted molar refractivity (Wildman–Crippen MR) is 142 cm³/mol. The molecule has 1 aliphatic rings. The Kier molecular flexibility index (Phi) is 6.94. The number of ether oxygens (including phenoxy) is 2. The maximum atomic E-state index is 14.1. The summed E-state index contributed by atoms with van der Waals surface area (Å²) < 4.78 is 36.5.